The van der Waals surface area contributed by atoms with E-state index in [1.54, 1.807) is 13.4 Å². The second-order valence-corrected chi connectivity index (χ2v) is 8.46. The lowest BCUT2D eigenvalue weighted by Gasteiger charge is -2.55. The van der Waals surface area contributed by atoms with E-state index in [9.17, 15) is 0 Å². The molecule has 0 aliphatic heterocycles. The van der Waals surface area contributed by atoms with Gasteiger partial charge in [0.25, 0.3) is 0 Å². The second kappa shape index (κ2) is 5.53. The number of nitrogens with zero attached hydrogens (tertiary/aromatic N) is 2. The van der Waals surface area contributed by atoms with Gasteiger partial charge in [-0.2, -0.15) is 0 Å². The van der Waals surface area contributed by atoms with Gasteiger partial charge in [0.15, 0.2) is 0 Å². The number of rotatable bonds is 4. The van der Waals surface area contributed by atoms with E-state index in [-0.39, 0.29) is 0 Å². The third kappa shape index (κ3) is 2.60. The predicted molar refractivity (Wildman–Crippen MR) is 85.5 cm³/mol. The maximum atomic E-state index is 5.21. The summed E-state index contributed by atoms with van der Waals surface area (Å²) in [6.07, 6.45) is 10.0. The summed E-state index contributed by atoms with van der Waals surface area (Å²) in [5.74, 6) is 5.51. The number of ether oxygens (including phenoxy) is 1. The first-order valence-electron chi connectivity index (χ1n) is 8.22. The Morgan fingerprint density at radius 3 is 2.43 bits per heavy atom. The molecule has 4 saturated carbocycles. The van der Waals surface area contributed by atoms with Crippen molar-refractivity contribution in [3.63, 3.8) is 0 Å². The molecule has 0 amide bonds. The topological polar surface area (TPSA) is 35.0 Å². The van der Waals surface area contributed by atoms with Gasteiger partial charge in [0.1, 0.15) is 6.33 Å². The van der Waals surface area contributed by atoms with Gasteiger partial charge in [-0.15, -0.1) is 0 Å². The molecule has 5 rings (SSSR count). The van der Waals surface area contributed by atoms with Crippen molar-refractivity contribution < 1.29 is 4.74 Å². The standard InChI is InChI=1S/C17H23BrN2O/c1-21-16-8-14(19-9-20-16)7-15(18)17-12-3-10-2-11(5-12)6-13(17)4-10/h8-13,15,17H,2-7H2,1H3. The van der Waals surface area contributed by atoms with Crippen LogP contribution in [0.2, 0.25) is 0 Å². The molecule has 3 nitrogen and oxygen atoms in total. The average Bonchev–Trinajstić information content (AvgIpc) is 2.46. The molecule has 0 radical (unpaired) electrons. The van der Waals surface area contributed by atoms with Gasteiger partial charge in [0.2, 0.25) is 5.88 Å². The second-order valence-electron chi connectivity index (χ2n) is 7.28. The van der Waals surface area contributed by atoms with Gasteiger partial charge in [-0.25, -0.2) is 9.97 Å². The van der Waals surface area contributed by atoms with E-state index in [0.717, 1.165) is 41.7 Å². The predicted octanol–water partition coefficient (Wildman–Crippen LogP) is 3.86. The van der Waals surface area contributed by atoms with Crippen molar-refractivity contribution in [2.24, 2.45) is 29.6 Å². The van der Waals surface area contributed by atoms with Crippen LogP contribution in [0, 0.1) is 29.6 Å². The zero-order chi connectivity index (χ0) is 14.4. The molecule has 4 bridgehead atoms. The highest BCUT2D eigenvalue weighted by molar-refractivity contribution is 9.09. The summed E-state index contributed by atoms with van der Waals surface area (Å²) in [4.78, 5) is 9.07. The fourth-order valence-corrected chi connectivity index (χ4v) is 6.69. The molecule has 0 aromatic carbocycles. The molecular formula is C17H23BrN2O. The molecule has 21 heavy (non-hydrogen) atoms. The van der Waals surface area contributed by atoms with Gasteiger partial charge in [0, 0.05) is 23.0 Å². The highest BCUT2D eigenvalue weighted by Gasteiger charge is 2.49. The van der Waals surface area contributed by atoms with E-state index in [4.69, 9.17) is 4.74 Å². The van der Waals surface area contributed by atoms with Crippen molar-refractivity contribution in [2.75, 3.05) is 7.11 Å². The molecule has 0 N–H and O–H groups in total. The number of hydrogen-bond acceptors (Lipinski definition) is 3. The Morgan fingerprint density at radius 2 is 1.81 bits per heavy atom. The first kappa shape index (κ1) is 14.0. The molecule has 4 fully saturated rings. The number of methoxy groups -OCH3 is 1. The molecule has 1 aromatic heterocycles. The fraction of sp³-hybridized carbons (Fsp3) is 0.765. The molecule has 1 unspecified atom stereocenters. The largest absolute Gasteiger partial charge is 0.481 e. The van der Waals surface area contributed by atoms with Crippen molar-refractivity contribution >= 4 is 15.9 Å². The lowest BCUT2D eigenvalue weighted by molar-refractivity contribution is -0.0361. The van der Waals surface area contributed by atoms with Gasteiger partial charge in [0.05, 0.1) is 7.11 Å². The van der Waals surface area contributed by atoms with Crippen molar-refractivity contribution in [3.8, 4) is 5.88 Å². The summed E-state index contributed by atoms with van der Waals surface area (Å²) in [5.41, 5.74) is 1.09. The van der Waals surface area contributed by atoms with Gasteiger partial charge >= 0.3 is 0 Å². The summed E-state index contributed by atoms with van der Waals surface area (Å²) in [7, 11) is 1.66. The highest BCUT2D eigenvalue weighted by Crippen LogP contribution is 2.58. The van der Waals surface area contributed by atoms with E-state index < -0.39 is 0 Å². The molecule has 0 spiro atoms. The van der Waals surface area contributed by atoms with E-state index in [0.29, 0.717) is 10.7 Å². The van der Waals surface area contributed by atoms with Crippen LogP contribution in [-0.2, 0) is 6.42 Å². The molecule has 4 aliphatic rings. The minimum atomic E-state index is 0.548. The minimum absolute atomic E-state index is 0.548. The van der Waals surface area contributed by atoms with Gasteiger partial charge in [-0.3, -0.25) is 0 Å². The number of alkyl halides is 1. The van der Waals surface area contributed by atoms with E-state index in [1.165, 1.54) is 32.1 Å². The summed E-state index contributed by atoms with van der Waals surface area (Å²) in [6.45, 7) is 0. The van der Waals surface area contributed by atoms with Crippen LogP contribution in [0.1, 0.15) is 37.8 Å². The van der Waals surface area contributed by atoms with Crippen LogP contribution in [0.4, 0.5) is 0 Å². The molecule has 1 atom stereocenters. The van der Waals surface area contributed by atoms with Gasteiger partial charge in [-0.05, 0) is 61.7 Å². The lowest BCUT2D eigenvalue weighted by Crippen LogP contribution is -2.48. The molecule has 0 saturated heterocycles. The summed E-state index contributed by atoms with van der Waals surface area (Å²) in [6, 6.07) is 1.98. The Morgan fingerprint density at radius 1 is 1.14 bits per heavy atom. The Kier molecular flexibility index (Phi) is 3.68. The number of aromatic nitrogens is 2. The van der Waals surface area contributed by atoms with Crippen molar-refractivity contribution in [3.05, 3.63) is 18.1 Å². The van der Waals surface area contributed by atoms with E-state index in [2.05, 4.69) is 25.9 Å². The third-order valence-electron chi connectivity index (χ3n) is 6.03. The van der Waals surface area contributed by atoms with Crippen molar-refractivity contribution in [1.29, 1.82) is 0 Å². The molecule has 4 aliphatic carbocycles. The molecule has 4 heteroatoms. The summed E-state index contributed by atoms with van der Waals surface area (Å²) in [5, 5.41) is 0. The van der Waals surface area contributed by atoms with Crippen LogP contribution >= 0.6 is 15.9 Å². The fourth-order valence-electron chi connectivity index (χ4n) is 5.49. The third-order valence-corrected chi connectivity index (χ3v) is 6.96. The molecular weight excluding hydrogens is 328 g/mol. The van der Waals surface area contributed by atoms with Crippen LogP contribution in [0.3, 0.4) is 0 Å². The zero-order valence-corrected chi connectivity index (χ0v) is 14.1. The first-order chi connectivity index (χ1) is 10.2. The molecule has 1 aromatic rings. The Balaban J connectivity index is 1.48. The van der Waals surface area contributed by atoms with Crippen molar-refractivity contribution in [1.82, 2.24) is 9.97 Å². The Bertz CT molecular complexity index is 493. The molecule has 1 heterocycles. The smallest absolute Gasteiger partial charge is 0.216 e. The van der Waals surface area contributed by atoms with Gasteiger partial charge < -0.3 is 4.74 Å². The lowest BCUT2D eigenvalue weighted by atomic mass is 9.51. The zero-order valence-electron chi connectivity index (χ0n) is 12.5. The normalized spacial score (nSPS) is 38.5. The molecule has 114 valence electrons. The van der Waals surface area contributed by atoms with E-state index >= 15 is 0 Å². The summed E-state index contributed by atoms with van der Waals surface area (Å²) < 4.78 is 5.21. The van der Waals surface area contributed by atoms with Crippen LogP contribution in [0.5, 0.6) is 5.88 Å². The van der Waals surface area contributed by atoms with Crippen molar-refractivity contribution in [2.45, 2.75) is 43.4 Å². The highest BCUT2D eigenvalue weighted by atomic mass is 79.9. The average molecular weight is 351 g/mol. The number of hydrogen-bond donors (Lipinski definition) is 0. The SMILES string of the molecule is COc1cc(CC(Br)C2C3CC4CC(C3)CC2C4)ncn1. The quantitative estimate of drug-likeness (QED) is 0.773. The van der Waals surface area contributed by atoms with Crippen LogP contribution in [0.15, 0.2) is 12.4 Å². The number of halogens is 1. The van der Waals surface area contributed by atoms with Crippen LogP contribution < -0.4 is 4.74 Å². The monoisotopic (exact) mass is 350 g/mol. The summed E-state index contributed by atoms with van der Waals surface area (Å²) >= 11 is 4.01. The maximum Gasteiger partial charge on any atom is 0.216 e. The van der Waals surface area contributed by atoms with Crippen LogP contribution in [0.25, 0.3) is 0 Å². The Labute approximate surface area is 135 Å². The van der Waals surface area contributed by atoms with Crippen LogP contribution in [-0.4, -0.2) is 21.9 Å². The minimum Gasteiger partial charge on any atom is -0.481 e. The maximum absolute atomic E-state index is 5.21. The Hall–Kier alpha value is -0.640. The first-order valence-corrected chi connectivity index (χ1v) is 9.13. The van der Waals surface area contributed by atoms with Gasteiger partial charge in [-0.1, -0.05) is 15.9 Å². The van der Waals surface area contributed by atoms with E-state index in [1.807, 2.05) is 6.07 Å².